The highest BCUT2D eigenvalue weighted by molar-refractivity contribution is 7.85. The van der Waals surface area contributed by atoms with Gasteiger partial charge in [0.15, 0.2) is 5.78 Å². The van der Waals surface area contributed by atoms with Crippen molar-refractivity contribution in [1.82, 2.24) is 0 Å². The number of phenols is 1. The number of carbonyl (C=O) groups excluding carboxylic acids is 1. The zero-order valence-electron chi connectivity index (χ0n) is 9.58. The van der Waals surface area contributed by atoms with Crippen LogP contribution in [0.25, 0.3) is 0 Å². The Labute approximate surface area is 108 Å². The highest BCUT2D eigenvalue weighted by Crippen LogP contribution is 2.14. The molecule has 2 aromatic carbocycles. The highest BCUT2D eigenvalue weighted by atomic mass is 32.2. The van der Waals surface area contributed by atoms with Gasteiger partial charge in [-0.2, -0.15) is 0 Å². The molecule has 0 heterocycles. The lowest BCUT2D eigenvalue weighted by Crippen LogP contribution is -2.10. The van der Waals surface area contributed by atoms with E-state index in [-0.39, 0.29) is 17.3 Å². The van der Waals surface area contributed by atoms with E-state index in [1.54, 1.807) is 36.4 Å². The number of hydrogen-bond acceptors (Lipinski definition) is 3. The molecule has 0 spiro atoms. The van der Waals surface area contributed by atoms with E-state index in [0.717, 1.165) is 0 Å². The summed E-state index contributed by atoms with van der Waals surface area (Å²) in [5, 5.41) is 9.13. The van der Waals surface area contributed by atoms with Gasteiger partial charge in [0, 0.05) is 10.5 Å². The van der Waals surface area contributed by atoms with Crippen molar-refractivity contribution < 1.29 is 14.1 Å². The van der Waals surface area contributed by atoms with Crippen LogP contribution in [0.2, 0.25) is 0 Å². The average molecular weight is 260 g/mol. The highest BCUT2D eigenvalue weighted by Gasteiger charge is 2.11. The van der Waals surface area contributed by atoms with Gasteiger partial charge in [0.05, 0.1) is 16.6 Å². The molecule has 0 amide bonds. The normalized spacial score (nSPS) is 12.0. The van der Waals surface area contributed by atoms with Crippen LogP contribution in [0.1, 0.15) is 10.4 Å². The standard InChI is InChI=1S/C14H12O3S/c15-12-6-8-13(9-7-12)18(17)10-14(16)11-4-2-1-3-5-11/h1-9,15H,10H2. The number of carbonyl (C=O) groups is 1. The van der Waals surface area contributed by atoms with E-state index in [1.165, 1.54) is 12.1 Å². The molecule has 1 atom stereocenters. The van der Waals surface area contributed by atoms with E-state index >= 15 is 0 Å². The summed E-state index contributed by atoms with van der Waals surface area (Å²) in [6, 6.07) is 14.8. The van der Waals surface area contributed by atoms with Crippen molar-refractivity contribution in [3.63, 3.8) is 0 Å². The van der Waals surface area contributed by atoms with Gasteiger partial charge >= 0.3 is 0 Å². The average Bonchev–Trinajstić information content (AvgIpc) is 2.40. The summed E-state index contributed by atoms with van der Waals surface area (Å²) in [6.07, 6.45) is 0. The van der Waals surface area contributed by atoms with Crippen molar-refractivity contribution in [1.29, 1.82) is 0 Å². The van der Waals surface area contributed by atoms with Crippen molar-refractivity contribution in [2.75, 3.05) is 5.75 Å². The van der Waals surface area contributed by atoms with Crippen LogP contribution in [0.3, 0.4) is 0 Å². The Bertz CT molecular complexity index is 561. The van der Waals surface area contributed by atoms with Crippen molar-refractivity contribution >= 4 is 16.6 Å². The summed E-state index contributed by atoms with van der Waals surface area (Å²) in [5.74, 6) is -0.0819. The Morgan fingerprint density at radius 2 is 1.61 bits per heavy atom. The number of rotatable bonds is 4. The Morgan fingerprint density at radius 3 is 2.22 bits per heavy atom. The van der Waals surface area contributed by atoms with Crippen LogP contribution < -0.4 is 0 Å². The summed E-state index contributed by atoms with van der Waals surface area (Å²) in [6.45, 7) is 0. The van der Waals surface area contributed by atoms with Crippen LogP contribution in [-0.4, -0.2) is 20.9 Å². The molecule has 0 saturated heterocycles. The molecule has 2 rings (SSSR count). The third-order valence-corrected chi connectivity index (χ3v) is 3.78. The second-order valence-corrected chi connectivity index (χ2v) is 5.22. The van der Waals surface area contributed by atoms with E-state index in [2.05, 4.69) is 0 Å². The van der Waals surface area contributed by atoms with Gasteiger partial charge in [-0.05, 0) is 24.3 Å². The smallest absolute Gasteiger partial charge is 0.175 e. The van der Waals surface area contributed by atoms with E-state index in [4.69, 9.17) is 5.11 Å². The minimum Gasteiger partial charge on any atom is -0.508 e. The fourth-order valence-corrected chi connectivity index (χ4v) is 2.52. The summed E-state index contributed by atoms with van der Waals surface area (Å²) < 4.78 is 11.9. The zero-order valence-corrected chi connectivity index (χ0v) is 10.4. The fourth-order valence-electron chi connectivity index (χ4n) is 1.51. The van der Waals surface area contributed by atoms with Crippen LogP contribution in [0.4, 0.5) is 0 Å². The fraction of sp³-hybridized carbons (Fsp3) is 0.0714. The molecule has 0 aromatic heterocycles. The molecule has 4 heteroatoms. The van der Waals surface area contributed by atoms with Gasteiger partial charge in [0.2, 0.25) is 0 Å². The Hall–Kier alpha value is -1.94. The number of phenolic OH excluding ortho intramolecular Hbond substituents is 1. The van der Waals surface area contributed by atoms with Gasteiger partial charge < -0.3 is 5.11 Å². The van der Waals surface area contributed by atoms with Crippen LogP contribution >= 0.6 is 0 Å². The molecule has 2 aromatic rings. The van der Waals surface area contributed by atoms with Gasteiger partial charge in [0.25, 0.3) is 0 Å². The lowest BCUT2D eigenvalue weighted by atomic mass is 10.2. The van der Waals surface area contributed by atoms with Gasteiger partial charge in [0.1, 0.15) is 5.75 Å². The molecule has 92 valence electrons. The van der Waals surface area contributed by atoms with Gasteiger partial charge in [-0.1, -0.05) is 30.3 Å². The second kappa shape index (κ2) is 5.60. The zero-order chi connectivity index (χ0) is 13.0. The number of ketones is 1. The minimum absolute atomic E-state index is 0.0468. The molecular formula is C14H12O3S. The number of benzene rings is 2. The van der Waals surface area contributed by atoms with Crippen molar-refractivity contribution in [2.45, 2.75) is 4.90 Å². The van der Waals surface area contributed by atoms with Crippen molar-refractivity contribution in [3.05, 3.63) is 60.2 Å². The van der Waals surface area contributed by atoms with E-state index in [9.17, 15) is 9.00 Å². The van der Waals surface area contributed by atoms with Crippen LogP contribution in [0.15, 0.2) is 59.5 Å². The molecule has 0 fully saturated rings. The molecule has 18 heavy (non-hydrogen) atoms. The van der Waals surface area contributed by atoms with Gasteiger partial charge in [-0.15, -0.1) is 0 Å². The quantitative estimate of drug-likeness (QED) is 0.859. The topological polar surface area (TPSA) is 54.4 Å². The van der Waals surface area contributed by atoms with Gasteiger partial charge in [-0.25, -0.2) is 0 Å². The maximum Gasteiger partial charge on any atom is 0.175 e. The monoisotopic (exact) mass is 260 g/mol. The van der Waals surface area contributed by atoms with Crippen molar-refractivity contribution in [3.8, 4) is 5.75 Å². The Balaban J connectivity index is 2.08. The third kappa shape index (κ3) is 3.05. The predicted molar refractivity (Wildman–Crippen MR) is 70.2 cm³/mol. The first-order chi connectivity index (χ1) is 8.66. The summed E-state index contributed by atoms with van der Waals surface area (Å²) in [7, 11) is -1.38. The summed E-state index contributed by atoms with van der Waals surface area (Å²) in [5.41, 5.74) is 0.560. The number of Topliss-reactive ketones (excluding diaryl/α,β-unsaturated/α-hetero) is 1. The summed E-state index contributed by atoms with van der Waals surface area (Å²) in [4.78, 5) is 12.4. The molecule has 3 nitrogen and oxygen atoms in total. The lowest BCUT2D eigenvalue weighted by Gasteiger charge is -2.02. The Kier molecular flexibility index (Phi) is 3.89. The lowest BCUT2D eigenvalue weighted by molar-refractivity contribution is 0.102. The first-order valence-electron chi connectivity index (χ1n) is 5.42. The molecule has 0 saturated carbocycles. The molecule has 0 bridgehead atoms. The van der Waals surface area contributed by atoms with Crippen LogP contribution in [-0.2, 0) is 10.8 Å². The van der Waals surface area contributed by atoms with Crippen LogP contribution in [0, 0.1) is 0 Å². The predicted octanol–water partition coefficient (Wildman–Crippen LogP) is 2.38. The molecular weight excluding hydrogens is 248 g/mol. The third-order valence-electron chi connectivity index (χ3n) is 2.46. The Morgan fingerprint density at radius 1 is 1.00 bits per heavy atom. The van der Waals surface area contributed by atoms with Gasteiger partial charge in [-0.3, -0.25) is 9.00 Å². The molecule has 0 radical (unpaired) electrons. The molecule has 1 unspecified atom stereocenters. The largest absolute Gasteiger partial charge is 0.508 e. The first-order valence-corrected chi connectivity index (χ1v) is 6.74. The number of hydrogen-bond donors (Lipinski definition) is 1. The molecule has 0 aliphatic rings. The maximum absolute atomic E-state index is 11.9. The van der Waals surface area contributed by atoms with Crippen molar-refractivity contribution in [2.24, 2.45) is 0 Å². The minimum atomic E-state index is -1.38. The van der Waals surface area contributed by atoms with E-state index < -0.39 is 10.8 Å². The summed E-state index contributed by atoms with van der Waals surface area (Å²) >= 11 is 0. The molecule has 0 aliphatic heterocycles. The van der Waals surface area contributed by atoms with Crippen LogP contribution in [0.5, 0.6) is 5.75 Å². The second-order valence-electron chi connectivity index (χ2n) is 3.77. The maximum atomic E-state index is 11.9. The molecule has 1 N–H and O–H groups in total. The molecule has 0 aliphatic carbocycles. The number of aromatic hydroxyl groups is 1. The first kappa shape index (κ1) is 12.5. The van der Waals surface area contributed by atoms with E-state index in [0.29, 0.717) is 10.5 Å². The van der Waals surface area contributed by atoms with E-state index in [1.807, 2.05) is 6.07 Å². The SMILES string of the molecule is O=C(CS(=O)c1ccc(O)cc1)c1ccccc1.